The Morgan fingerprint density at radius 3 is 2.41 bits per heavy atom. The van der Waals surface area contributed by atoms with Crippen LogP contribution in [0.4, 0.5) is 4.79 Å². The van der Waals surface area contributed by atoms with E-state index in [4.69, 9.17) is 4.74 Å². The van der Waals surface area contributed by atoms with Gasteiger partial charge in [0.15, 0.2) is 0 Å². The number of imide groups is 1. The Morgan fingerprint density at radius 1 is 1.10 bits per heavy atom. The van der Waals surface area contributed by atoms with Crippen LogP contribution in [-0.4, -0.2) is 48.3 Å². The van der Waals surface area contributed by atoms with Crippen LogP contribution < -0.4 is 10.1 Å². The number of hydrogen-bond acceptors (Lipinski definition) is 4. The summed E-state index contributed by atoms with van der Waals surface area (Å²) < 4.78 is 5.32. The lowest BCUT2D eigenvalue weighted by molar-refractivity contribution is -0.138. The minimum Gasteiger partial charge on any atom is -0.496 e. The third kappa shape index (κ3) is 3.81. The number of nitrogens with one attached hydrogen (secondary N) is 1. The Labute approximate surface area is 170 Å². The smallest absolute Gasteiger partial charge is 0.325 e. The number of amides is 4. The molecule has 0 aliphatic carbocycles. The second-order valence-corrected chi connectivity index (χ2v) is 7.01. The molecule has 1 fully saturated rings. The second-order valence-electron chi connectivity index (χ2n) is 7.01. The highest BCUT2D eigenvalue weighted by Gasteiger charge is 2.51. The number of benzene rings is 2. The molecule has 0 radical (unpaired) electrons. The summed E-state index contributed by atoms with van der Waals surface area (Å²) in [6, 6.07) is 16.0. The van der Waals surface area contributed by atoms with Gasteiger partial charge in [-0.25, -0.2) is 4.79 Å². The first-order valence-electron chi connectivity index (χ1n) is 9.48. The van der Waals surface area contributed by atoms with Crippen LogP contribution in [0, 0.1) is 0 Å². The number of carbonyl (C=O) groups is 3. The van der Waals surface area contributed by atoms with Crippen molar-refractivity contribution in [3.8, 4) is 5.75 Å². The van der Waals surface area contributed by atoms with E-state index in [9.17, 15) is 14.4 Å². The highest BCUT2D eigenvalue weighted by molar-refractivity contribution is 6.09. The van der Waals surface area contributed by atoms with Crippen molar-refractivity contribution >= 4 is 17.8 Å². The molecule has 1 aliphatic rings. The number of ether oxygens (including phenoxy) is 1. The molecule has 0 spiro atoms. The molecule has 2 aromatic rings. The molecule has 7 heteroatoms. The summed E-state index contributed by atoms with van der Waals surface area (Å²) in [4.78, 5) is 40.9. The van der Waals surface area contributed by atoms with Gasteiger partial charge in [0.1, 0.15) is 17.8 Å². The zero-order chi connectivity index (χ0) is 21.0. The van der Waals surface area contributed by atoms with Crippen molar-refractivity contribution in [1.82, 2.24) is 15.1 Å². The van der Waals surface area contributed by atoms with E-state index in [-0.39, 0.29) is 12.5 Å². The van der Waals surface area contributed by atoms with Gasteiger partial charge in [0, 0.05) is 19.2 Å². The predicted octanol–water partition coefficient (Wildman–Crippen LogP) is 2.51. The van der Waals surface area contributed by atoms with Crippen LogP contribution in [0.3, 0.4) is 0 Å². The molecule has 1 saturated heterocycles. The molecular weight excluding hydrogens is 370 g/mol. The summed E-state index contributed by atoms with van der Waals surface area (Å²) in [5.41, 5.74) is 0.410. The molecule has 1 heterocycles. The molecule has 1 aliphatic heterocycles. The van der Waals surface area contributed by atoms with E-state index >= 15 is 0 Å². The van der Waals surface area contributed by atoms with Gasteiger partial charge in [-0.2, -0.15) is 0 Å². The largest absolute Gasteiger partial charge is 0.496 e. The maximum Gasteiger partial charge on any atom is 0.325 e. The van der Waals surface area contributed by atoms with Crippen LogP contribution in [0.15, 0.2) is 54.6 Å². The van der Waals surface area contributed by atoms with Crippen LogP contribution in [0.5, 0.6) is 5.75 Å². The number of para-hydroxylation sites is 1. The summed E-state index contributed by atoms with van der Waals surface area (Å²) in [5.74, 6) is -0.0640. The van der Waals surface area contributed by atoms with Gasteiger partial charge >= 0.3 is 6.03 Å². The molecule has 152 valence electrons. The number of hydrogen-bond donors (Lipinski definition) is 1. The minimum atomic E-state index is -1.14. The fraction of sp³-hybridized carbons (Fsp3) is 0.318. The first kappa shape index (κ1) is 20.4. The molecule has 2 aromatic carbocycles. The molecule has 1 N–H and O–H groups in total. The Bertz CT molecular complexity index is 915. The summed E-state index contributed by atoms with van der Waals surface area (Å²) >= 11 is 0. The molecule has 7 nitrogen and oxygen atoms in total. The lowest BCUT2D eigenvalue weighted by Gasteiger charge is -2.26. The highest BCUT2D eigenvalue weighted by Crippen LogP contribution is 2.32. The van der Waals surface area contributed by atoms with Gasteiger partial charge in [0.05, 0.1) is 7.11 Å². The summed E-state index contributed by atoms with van der Waals surface area (Å²) in [6.45, 7) is 1.83. The maximum atomic E-state index is 13.1. The lowest BCUT2D eigenvalue weighted by Crippen LogP contribution is -2.45. The van der Waals surface area contributed by atoms with Crippen LogP contribution in [0.25, 0.3) is 0 Å². The van der Waals surface area contributed by atoms with Crippen LogP contribution in [-0.2, 0) is 21.7 Å². The van der Waals surface area contributed by atoms with Crippen molar-refractivity contribution in [2.75, 3.05) is 20.7 Å². The molecule has 3 rings (SSSR count). The predicted molar refractivity (Wildman–Crippen MR) is 108 cm³/mol. The number of urea groups is 1. The quantitative estimate of drug-likeness (QED) is 0.731. The summed E-state index contributed by atoms with van der Waals surface area (Å²) in [6.07, 6.45) is 0.392. The monoisotopic (exact) mass is 395 g/mol. The summed E-state index contributed by atoms with van der Waals surface area (Å²) in [7, 11) is 3.21. The van der Waals surface area contributed by atoms with Crippen LogP contribution in [0.1, 0.15) is 24.5 Å². The van der Waals surface area contributed by atoms with Crippen molar-refractivity contribution in [1.29, 1.82) is 0 Å². The lowest BCUT2D eigenvalue weighted by atomic mass is 9.87. The molecule has 0 aromatic heterocycles. The number of nitrogens with zero attached hydrogens (tertiary/aromatic N) is 2. The van der Waals surface area contributed by atoms with Crippen molar-refractivity contribution in [2.24, 2.45) is 0 Å². The standard InChI is InChI=1S/C22H25N3O4/c1-4-22(17-11-6-5-7-12-17)20(27)25(21(28)23-22)15-19(26)24(2)14-16-10-8-9-13-18(16)29-3/h5-13H,4,14-15H2,1-3H3,(H,23,28)/t22-/m1/s1. The Hall–Kier alpha value is -3.35. The molecular formula is C22H25N3O4. The Morgan fingerprint density at radius 2 is 1.76 bits per heavy atom. The average Bonchev–Trinajstić information content (AvgIpc) is 2.99. The zero-order valence-corrected chi connectivity index (χ0v) is 16.8. The third-order valence-electron chi connectivity index (χ3n) is 5.29. The summed E-state index contributed by atoms with van der Waals surface area (Å²) in [5, 5.41) is 2.79. The molecule has 29 heavy (non-hydrogen) atoms. The topological polar surface area (TPSA) is 79.0 Å². The van der Waals surface area contributed by atoms with E-state index in [1.807, 2.05) is 49.4 Å². The van der Waals surface area contributed by atoms with Gasteiger partial charge in [-0.15, -0.1) is 0 Å². The average molecular weight is 395 g/mol. The van der Waals surface area contributed by atoms with Crippen LogP contribution >= 0.6 is 0 Å². The van der Waals surface area contributed by atoms with Gasteiger partial charge in [0.2, 0.25) is 5.91 Å². The van der Waals surface area contributed by atoms with E-state index in [2.05, 4.69) is 5.32 Å². The normalized spacial score (nSPS) is 18.5. The first-order chi connectivity index (χ1) is 13.9. The first-order valence-corrected chi connectivity index (χ1v) is 9.48. The van der Waals surface area contributed by atoms with Crippen molar-refractivity contribution < 1.29 is 19.1 Å². The third-order valence-corrected chi connectivity index (χ3v) is 5.29. The van der Waals surface area contributed by atoms with Crippen molar-refractivity contribution in [2.45, 2.75) is 25.4 Å². The minimum absolute atomic E-state index is 0.310. The Balaban J connectivity index is 1.75. The van der Waals surface area contributed by atoms with Gasteiger partial charge in [0.25, 0.3) is 5.91 Å². The SMILES string of the molecule is CC[C@]1(c2ccccc2)NC(=O)N(CC(=O)N(C)Cc2ccccc2OC)C1=O. The van der Waals surface area contributed by atoms with Gasteiger partial charge < -0.3 is 15.0 Å². The van der Waals surface area contributed by atoms with E-state index in [1.54, 1.807) is 26.3 Å². The molecule has 0 bridgehead atoms. The molecule has 4 amide bonds. The van der Waals surface area contributed by atoms with E-state index in [0.29, 0.717) is 24.3 Å². The number of likely N-dealkylation sites (N-methyl/N-ethyl adjacent to an activating group) is 1. The van der Waals surface area contributed by atoms with E-state index < -0.39 is 17.5 Å². The van der Waals surface area contributed by atoms with Gasteiger partial charge in [-0.1, -0.05) is 55.5 Å². The molecule has 1 atom stereocenters. The zero-order valence-electron chi connectivity index (χ0n) is 16.8. The molecule has 0 unspecified atom stereocenters. The number of carbonyl (C=O) groups excluding carboxylic acids is 3. The maximum absolute atomic E-state index is 13.1. The van der Waals surface area contributed by atoms with Crippen molar-refractivity contribution in [3.05, 3.63) is 65.7 Å². The highest BCUT2D eigenvalue weighted by atomic mass is 16.5. The van der Waals surface area contributed by atoms with Gasteiger partial charge in [-0.05, 0) is 18.1 Å². The van der Waals surface area contributed by atoms with E-state index in [0.717, 1.165) is 10.5 Å². The van der Waals surface area contributed by atoms with Crippen molar-refractivity contribution in [3.63, 3.8) is 0 Å². The van der Waals surface area contributed by atoms with Crippen LogP contribution in [0.2, 0.25) is 0 Å². The van der Waals surface area contributed by atoms with Gasteiger partial charge in [-0.3, -0.25) is 14.5 Å². The molecule has 0 saturated carbocycles. The second kappa shape index (κ2) is 8.34. The fourth-order valence-corrected chi connectivity index (χ4v) is 3.57. The fourth-order valence-electron chi connectivity index (χ4n) is 3.57. The number of rotatable bonds is 7. The number of methoxy groups -OCH3 is 1. The Kier molecular flexibility index (Phi) is 5.87. The van der Waals surface area contributed by atoms with E-state index in [1.165, 1.54) is 4.90 Å².